The normalized spacial score (nSPS) is 24.4. The average Bonchev–Trinajstić information content (AvgIpc) is 2.32. The van der Waals surface area contributed by atoms with E-state index >= 15 is 0 Å². The van der Waals surface area contributed by atoms with Gasteiger partial charge in [-0.1, -0.05) is 50.8 Å². The van der Waals surface area contributed by atoms with E-state index in [1.54, 1.807) is 0 Å². The summed E-state index contributed by atoms with van der Waals surface area (Å²) in [6.45, 7) is 0. The summed E-state index contributed by atoms with van der Waals surface area (Å²) in [5.74, 6) is 0.0163. The summed E-state index contributed by atoms with van der Waals surface area (Å²) in [6.07, 6.45) is 4.66. The first-order valence-electron chi connectivity index (χ1n) is 5.87. The quantitative estimate of drug-likeness (QED) is 0.796. The van der Waals surface area contributed by atoms with Gasteiger partial charge in [-0.25, -0.2) is 0 Å². The molecule has 92 valence electrons. The molecule has 0 heterocycles. The molecule has 1 amide bonds. The van der Waals surface area contributed by atoms with Gasteiger partial charge in [-0.05, 0) is 31.0 Å². The van der Waals surface area contributed by atoms with Crippen molar-refractivity contribution in [2.75, 3.05) is 0 Å². The molecule has 0 aromatic heterocycles. The molecule has 2 unspecified atom stereocenters. The third-order valence-electron chi connectivity index (χ3n) is 3.08. The van der Waals surface area contributed by atoms with Crippen molar-refractivity contribution in [2.24, 2.45) is 0 Å². The van der Waals surface area contributed by atoms with Crippen LogP contribution in [-0.2, 0) is 0 Å². The van der Waals surface area contributed by atoms with Crippen molar-refractivity contribution in [3.05, 3.63) is 34.3 Å². The third kappa shape index (κ3) is 3.55. The van der Waals surface area contributed by atoms with Crippen LogP contribution < -0.4 is 5.32 Å². The van der Waals surface area contributed by atoms with Crippen LogP contribution >= 0.6 is 31.9 Å². The van der Waals surface area contributed by atoms with Crippen LogP contribution in [0.3, 0.4) is 0 Å². The molecule has 0 bridgehead atoms. The molecule has 17 heavy (non-hydrogen) atoms. The number of amides is 1. The van der Waals surface area contributed by atoms with Crippen LogP contribution in [0.25, 0.3) is 0 Å². The second kappa shape index (κ2) is 6.01. The van der Waals surface area contributed by atoms with Gasteiger partial charge in [-0.3, -0.25) is 4.79 Å². The Hall–Kier alpha value is -0.350. The molecule has 1 aliphatic rings. The lowest BCUT2D eigenvalue weighted by Gasteiger charge is -2.28. The number of rotatable bonds is 2. The van der Waals surface area contributed by atoms with Gasteiger partial charge in [0.1, 0.15) is 0 Å². The number of benzene rings is 1. The zero-order valence-corrected chi connectivity index (χ0v) is 12.6. The number of hydrogen-bond donors (Lipinski definition) is 1. The zero-order valence-electron chi connectivity index (χ0n) is 9.46. The summed E-state index contributed by atoms with van der Waals surface area (Å²) in [4.78, 5) is 12.5. The van der Waals surface area contributed by atoms with Gasteiger partial charge in [0.05, 0.1) is 0 Å². The molecular formula is C13H15Br2NO. The third-order valence-corrected chi connectivity index (χ3v) is 4.67. The summed E-state index contributed by atoms with van der Waals surface area (Å²) in [7, 11) is 0. The average molecular weight is 361 g/mol. The highest BCUT2D eigenvalue weighted by Gasteiger charge is 2.24. The van der Waals surface area contributed by atoms with E-state index in [2.05, 4.69) is 37.2 Å². The van der Waals surface area contributed by atoms with Gasteiger partial charge in [-0.15, -0.1) is 0 Å². The first kappa shape index (κ1) is 13.1. The molecule has 0 aliphatic heterocycles. The minimum Gasteiger partial charge on any atom is -0.348 e. The summed E-state index contributed by atoms with van der Waals surface area (Å²) in [6, 6.07) is 7.75. The fourth-order valence-corrected chi connectivity index (χ4v) is 3.25. The first-order valence-corrected chi connectivity index (χ1v) is 7.58. The zero-order chi connectivity index (χ0) is 12.3. The van der Waals surface area contributed by atoms with Crippen molar-refractivity contribution in [3.63, 3.8) is 0 Å². The lowest BCUT2D eigenvalue weighted by atomic mass is 9.95. The molecule has 1 aromatic carbocycles. The van der Waals surface area contributed by atoms with E-state index in [1.807, 2.05) is 24.3 Å². The minimum atomic E-state index is 0.0163. The maximum atomic E-state index is 12.1. The smallest absolute Gasteiger partial charge is 0.251 e. The fourth-order valence-electron chi connectivity index (χ4n) is 2.13. The Labute approximate surface area is 118 Å². The molecule has 1 fully saturated rings. The number of nitrogens with one attached hydrogen (secondary N) is 1. The van der Waals surface area contributed by atoms with Gasteiger partial charge < -0.3 is 5.32 Å². The summed E-state index contributed by atoms with van der Waals surface area (Å²) in [5, 5.41) is 3.11. The predicted molar refractivity (Wildman–Crippen MR) is 76.6 cm³/mol. The second-order valence-electron chi connectivity index (χ2n) is 4.39. The van der Waals surface area contributed by atoms with Crippen LogP contribution in [0.5, 0.6) is 0 Å². The van der Waals surface area contributed by atoms with Crippen molar-refractivity contribution >= 4 is 37.8 Å². The Morgan fingerprint density at radius 1 is 1.29 bits per heavy atom. The fraction of sp³-hybridized carbons (Fsp3) is 0.462. The largest absolute Gasteiger partial charge is 0.348 e. The summed E-state index contributed by atoms with van der Waals surface area (Å²) < 4.78 is 0.934. The van der Waals surface area contributed by atoms with Gasteiger partial charge in [0.2, 0.25) is 0 Å². The van der Waals surface area contributed by atoms with Gasteiger partial charge in [0.15, 0.2) is 0 Å². The maximum Gasteiger partial charge on any atom is 0.251 e. The van der Waals surface area contributed by atoms with E-state index in [0.717, 1.165) is 17.3 Å². The van der Waals surface area contributed by atoms with Crippen molar-refractivity contribution in [2.45, 2.75) is 36.6 Å². The van der Waals surface area contributed by atoms with Crippen molar-refractivity contribution in [1.82, 2.24) is 5.32 Å². The van der Waals surface area contributed by atoms with E-state index in [4.69, 9.17) is 0 Å². The Balaban J connectivity index is 2.01. The molecule has 1 saturated carbocycles. The van der Waals surface area contributed by atoms with Crippen molar-refractivity contribution < 1.29 is 4.79 Å². The second-order valence-corrected chi connectivity index (χ2v) is 6.48. The minimum absolute atomic E-state index is 0.0163. The maximum absolute atomic E-state index is 12.1. The van der Waals surface area contributed by atoms with Crippen LogP contribution in [0.2, 0.25) is 0 Å². The SMILES string of the molecule is O=C(NC1CCCCC1Br)c1cccc(Br)c1. The molecule has 0 saturated heterocycles. The van der Waals surface area contributed by atoms with E-state index < -0.39 is 0 Å². The first-order chi connectivity index (χ1) is 8.16. The van der Waals surface area contributed by atoms with Gasteiger partial charge >= 0.3 is 0 Å². The highest BCUT2D eigenvalue weighted by atomic mass is 79.9. The van der Waals surface area contributed by atoms with Crippen LogP contribution in [0.15, 0.2) is 28.7 Å². The van der Waals surface area contributed by atoms with Gasteiger partial charge in [-0.2, -0.15) is 0 Å². The van der Waals surface area contributed by atoms with Crippen molar-refractivity contribution in [1.29, 1.82) is 0 Å². The standard InChI is InChI=1S/C13H15Br2NO/c14-10-5-3-4-9(8-10)13(17)16-12-7-2-1-6-11(12)15/h3-5,8,11-12H,1-2,6-7H2,(H,16,17). The van der Waals surface area contributed by atoms with Crippen LogP contribution in [0, 0.1) is 0 Å². The number of carbonyl (C=O) groups excluding carboxylic acids is 1. The Morgan fingerprint density at radius 3 is 2.76 bits per heavy atom. The van der Waals surface area contributed by atoms with E-state index in [-0.39, 0.29) is 11.9 Å². The molecule has 1 N–H and O–H groups in total. The molecule has 2 atom stereocenters. The number of alkyl halides is 1. The molecular weight excluding hydrogens is 346 g/mol. The number of halogens is 2. The number of carbonyl (C=O) groups is 1. The summed E-state index contributed by atoms with van der Waals surface area (Å²) >= 11 is 7.02. The van der Waals surface area contributed by atoms with Crippen LogP contribution in [0.4, 0.5) is 0 Å². The Kier molecular flexibility index (Phi) is 4.62. The molecule has 1 aliphatic carbocycles. The van der Waals surface area contributed by atoms with Crippen LogP contribution in [-0.4, -0.2) is 16.8 Å². The van der Waals surface area contributed by atoms with E-state index in [1.165, 1.54) is 12.8 Å². The topological polar surface area (TPSA) is 29.1 Å². The lowest BCUT2D eigenvalue weighted by molar-refractivity contribution is 0.0930. The Bertz CT molecular complexity index is 408. The van der Waals surface area contributed by atoms with Gasteiger partial charge in [0.25, 0.3) is 5.91 Å². The monoisotopic (exact) mass is 359 g/mol. The molecule has 1 aromatic rings. The highest BCUT2D eigenvalue weighted by molar-refractivity contribution is 9.10. The molecule has 0 radical (unpaired) electrons. The summed E-state index contributed by atoms with van der Waals surface area (Å²) in [5.41, 5.74) is 0.713. The molecule has 2 rings (SSSR count). The molecule has 0 spiro atoms. The van der Waals surface area contributed by atoms with Gasteiger partial charge in [0, 0.05) is 20.9 Å². The molecule has 2 nitrogen and oxygen atoms in total. The highest BCUT2D eigenvalue weighted by Crippen LogP contribution is 2.24. The number of hydrogen-bond acceptors (Lipinski definition) is 1. The molecule has 4 heteroatoms. The van der Waals surface area contributed by atoms with Crippen LogP contribution in [0.1, 0.15) is 36.0 Å². The van der Waals surface area contributed by atoms with E-state index in [0.29, 0.717) is 10.4 Å². The van der Waals surface area contributed by atoms with Crippen molar-refractivity contribution in [3.8, 4) is 0 Å². The Morgan fingerprint density at radius 2 is 2.06 bits per heavy atom. The lowest BCUT2D eigenvalue weighted by Crippen LogP contribution is -2.42. The van der Waals surface area contributed by atoms with E-state index in [9.17, 15) is 4.79 Å². The predicted octanol–water partition coefficient (Wildman–Crippen LogP) is 3.89.